The van der Waals surface area contributed by atoms with Crippen molar-refractivity contribution in [1.82, 2.24) is 4.90 Å². The topological polar surface area (TPSA) is 89.5 Å². The molecule has 1 heterocycles. The van der Waals surface area contributed by atoms with Gasteiger partial charge in [-0.25, -0.2) is 0 Å². The average molecular weight is 411 g/mol. The number of carbonyl (C=O) groups is 3. The smallest absolute Gasteiger partial charge is 0.266 e. The number of thioether (sulfide) groups is 1. The Labute approximate surface area is 171 Å². The van der Waals surface area contributed by atoms with E-state index in [0.29, 0.717) is 14.9 Å². The number of carboxylic acid groups (broad SMARTS) is 1. The van der Waals surface area contributed by atoms with Gasteiger partial charge in [0.15, 0.2) is 0 Å². The molecule has 3 rings (SSSR count). The zero-order valence-electron chi connectivity index (χ0n) is 14.8. The molecule has 1 fully saturated rings. The number of carbonyl (C=O) groups excluding carboxylic acids is 3. The zero-order valence-corrected chi connectivity index (χ0v) is 16.4. The van der Waals surface area contributed by atoms with Crippen LogP contribution in [-0.2, 0) is 9.59 Å². The van der Waals surface area contributed by atoms with Gasteiger partial charge in [-0.3, -0.25) is 14.5 Å². The van der Waals surface area contributed by atoms with E-state index in [4.69, 9.17) is 12.2 Å². The number of amides is 2. The first-order chi connectivity index (χ1) is 13.3. The average Bonchev–Trinajstić information content (AvgIpc) is 2.91. The number of carboxylic acids is 1. The second kappa shape index (κ2) is 8.37. The number of hydrogen-bond donors (Lipinski definition) is 1. The van der Waals surface area contributed by atoms with Crippen LogP contribution in [-0.4, -0.2) is 33.5 Å². The summed E-state index contributed by atoms with van der Waals surface area (Å²) < 4.78 is 0.294. The Morgan fingerprint density at radius 3 is 2.61 bits per heavy atom. The van der Waals surface area contributed by atoms with Gasteiger partial charge in [-0.05, 0) is 36.3 Å². The number of aryl methyl sites for hydroxylation is 1. The first-order valence-electron chi connectivity index (χ1n) is 8.27. The van der Waals surface area contributed by atoms with Crippen molar-refractivity contribution in [2.75, 3.05) is 11.9 Å². The minimum Gasteiger partial charge on any atom is -0.545 e. The van der Waals surface area contributed by atoms with E-state index in [2.05, 4.69) is 5.32 Å². The number of nitrogens with zero attached hydrogens (tertiary/aromatic N) is 1. The first-order valence-corrected chi connectivity index (χ1v) is 9.49. The highest BCUT2D eigenvalue weighted by Crippen LogP contribution is 2.32. The fourth-order valence-corrected chi connectivity index (χ4v) is 3.77. The summed E-state index contributed by atoms with van der Waals surface area (Å²) in [5.41, 5.74) is 2.23. The predicted molar refractivity (Wildman–Crippen MR) is 110 cm³/mol. The summed E-state index contributed by atoms with van der Waals surface area (Å²) in [6, 6.07) is 13.4. The van der Waals surface area contributed by atoms with Crippen molar-refractivity contribution >= 4 is 57.8 Å². The molecule has 1 N–H and O–H groups in total. The van der Waals surface area contributed by atoms with Crippen LogP contribution in [0.3, 0.4) is 0 Å². The van der Waals surface area contributed by atoms with Crippen LogP contribution in [0.5, 0.6) is 0 Å². The summed E-state index contributed by atoms with van der Waals surface area (Å²) in [4.78, 5) is 37.5. The Hall–Kier alpha value is -2.97. The van der Waals surface area contributed by atoms with Gasteiger partial charge in [0.25, 0.3) is 5.91 Å². The van der Waals surface area contributed by atoms with Crippen molar-refractivity contribution in [2.45, 2.75) is 6.92 Å². The van der Waals surface area contributed by atoms with Gasteiger partial charge in [-0.15, -0.1) is 0 Å². The van der Waals surface area contributed by atoms with Crippen molar-refractivity contribution in [3.8, 4) is 0 Å². The van der Waals surface area contributed by atoms with Gasteiger partial charge in [-0.1, -0.05) is 65.9 Å². The van der Waals surface area contributed by atoms with Gasteiger partial charge < -0.3 is 15.2 Å². The van der Waals surface area contributed by atoms with Crippen molar-refractivity contribution in [1.29, 1.82) is 0 Å². The molecule has 1 saturated heterocycles. The fourth-order valence-electron chi connectivity index (χ4n) is 2.52. The van der Waals surface area contributed by atoms with E-state index in [9.17, 15) is 19.5 Å². The van der Waals surface area contributed by atoms with Crippen molar-refractivity contribution in [2.24, 2.45) is 0 Å². The van der Waals surface area contributed by atoms with E-state index in [1.165, 1.54) is 23.1 Å². The minimum absolute atomic E-state index is 0.0514. The number of anilines is 1. The molecule has 6 nitrogen and oxygen atoms in total. The molecule has 1 aliphatic rings. The van der Waals surface area contributed by atoms with E-state index in [1.54, 1.807) is 12.1 Å². The lowest BCUT2D eigenvalue weighted by molar-refractivity contribution is -0.255. The second-order valence-electron chi connectivity index (χ2n) is 6.09. The molecule has 1 aliphatic heterocycles. The molecule has 8 heteroatoms. The number of rotatable bonds is 5. The van der Waals surface area contributed by atoms with Crippen LogP contribution in [0.15, 0.2) is 53.4 Å². The number of nitrogens with one attached hydrogen (secondary N) is 1. The van der Waals surface area contributed by atoms with E-state index in [-0.39, 0.29) is 18.0 Å². The van der Waals surface area contributed by atoms with Crippen LogP contribution in [0, 0.1) is 6.92 Å². The third kappa shape index (κ3) is 4.65. The quantitative estimate of drug-likeness (QED) is 0.599. The predicted octanol–water partition coefficient (Wildman–Crippen LogP) is 2.20. The van der Waals surface area contributed by atoms with E-state index >= 15 is 0 Å². The lowest BCUT2D eigenvalue weighted by Crippen LogP contribution is -2.36. The highest BCUT2D eigenvalue weighted by molar-refractivity contribution is 8.26. The molecule has 0 unspecified atom stereocenters. The van der Waals surface area contributed by atoms with Gasteiger partial charge in [0, 0.05) is 5.69 Å². The van der Waals surface area contributed by atoms with Crippen LogP contribution in [0.25, 0.3) is 6.08 Å². The molecule has 0 saturated carbocycles. The Bertz CT molecular complexity index is 1000. The lowest BCUT2D eigenvalue weighted by Gasteiger charge is -2.14. The Kier molecular flexibility index (Phi) is 5.91. The van der Waals surface area contributed by atoms with Gasteiger partial charge in [0.05, 0.1) is 10.9 Å². The Balaban J connectivity index is 1.68. The highest BCUT2D eigenvalue weighted by Gasteiger charge is 2.33. The van der Waals surface area contributed by atoms with Crippen molar-refractivity contribution in [3.63, 3.8) is 0 Å². The molecule has 0 bridgehead atoms. The third-order valence-corrected chi connectivity index (χ3v) is 5.31. The van der Waals surface area contributed by atoms with Crippen LogP contribution in [0.4, 0.5) is 5.69 Å². The molecule has 2 amide bonds. The van der Waals surface area contributed by atoms with Gasteiger partial charge in [0.2, 0.25) is 5.91 Å². The maximum Gasteiger partial charge on any atom is 0.266 e. The maximum absolute atomic E-state index is 12.6. The monoisotopic (exact) mass is 411 g/mol. The van der Waals surface area contributed by atoms with Crippen LogP contribution in [0.2, 0.25) is 0 Å². The second-order valence-corrected chi connectivity index (χ2v) is 7.77. The largest absolute Gasteiger partial charge is 0.545 e. The maximum atomic E-state index is 12.6. The molecule has 2 aromatic rings. The van der Waals surface area contributed by atoms with Crippen molar-refractivity contribution < 1.29 is 19.5 Å². The summed E-state index contributed by atoms with van der Waals surface area (Å²) in [6.45, 7) is 1.72. The molecule has 0 radical (unpaired) electrons. The number of benzene rings is 2. The number of aromatic carboxylic acids is 1. The summed E-state index contributed by atoms with van der Waals surface area (Å²) in [7, 11) is 0. The molecule has 28 heavy (non-hydrogen) atoms. The summed E-state index contributed by atoms with van der Waals surface area (Å²) in [6.07, 6.45) is 1.74. The lowest BCUT2D eigenvalue weighted by atomic mass is 10.1. The SMILES string of the molecule is Cc1ccc(/C=C2/SC(=S)N(CC(=O)Nc3cccc(C(=O)[O-])c3)C2=O)cc1. The van der Waals surface area contributed by atoms with E-state index in [1.807, 2.05) is 31.2 Å². The fraction of sp³-hybridized carbons (Fsp3) is 0.100. The molecule has 0 spiro atoms. The summed E-state index contributed by atoms with van der Waals surface area (Å²) in [5.74, 6) is -2.16. The first kappa shape index (κ1) is 19.8. The summed E-state index contributed by atoms with van der Waals surface area (Å²) >= 11 is 6.37. The normalized spacial score (nSPS) is 15.2. The van der Waals surface area contributed by atoms with Gasteiger partial charge in [-0.2, -0.15) is 0 Å². The summed E-state index contributed by atoms with van der Waals surface area (Å²) in [5, 5.41) is 13.5. The molecule has 0 aromatic heterocycles. The highest BCUT2D eigenvalue weighted by atomic mass is 32.2. The molecule has 0 atom stereocenters. The van der Waals surface area contributed by atoms with Gasteiger partial charge >= 0.3 is 0 Å². The van der Waals surface area contributed by atoms with E-state index in [0.717, 1.165) is 22.9 Å². The molecule has 0 aliphatic carbocycles. The molecule has 2 aromatic carbocycles. The Morgan fingerprint density at radius 1 is 1.21 bits per heavy atom. The number of thiocarbonyl (C=S) groups is 1. The molecular formula is C20H15N2O4S2-. The van der Waals surface area contributed by atoms with Crippen LogP contribution < -0.4 is 10.4 Å². The third-order valence-electron chi connectivity index (χ3n) is 3.93. The standard InChI is InChI=1S/C20H16N2O4S2/c1-12-5-7-13(8-6-12)9-16-18(24)22(20(27)28-16)11-17(23)21-15-4-2-3-14(10-15)19(25)26/h2-10H,11H2,1H3,(H,21,23)(H,25,26)/p-1/b16-9+. The van der Waals surface area contributed by atoms with Crippen molar-refractivity contribution in [3.05, 3.63) is 70.1 Å². The Morgan fingerprint density at radius 2 is 1.93 bits per heavy atom. The molecule has 142 valence electrons. The zero-order chi connectivity index (χ0) is 20.3. The van der Waals surface area contributed by atoms with Crippen LogP contribution in [0.1, 0.15) is 21.5 Å². The minimum atomic E-state index is -1.34. The van der Waals surface area contributed by atoms with Crippen LogP contribution >= 0.6 is 24.0 Å². The van der Waals surface area contributed by atoms with E-state index < -0.39 is 11.9 Å². The molecular weight excluding hydrogens is 396 g/mol. The number of hydrogen-bond acceptors (Lipinski definition) is 6. The van der Waals surface area contributed by atoms with Gasteiger partial charge in [0.1, 0.15) is 10.9 Å².